The van der Waals surface area contributed by atoms with E-state index < -0.39 is 5.97 Å². The molecule has 1 N–H and O–H groups in total. The van der Waals surface area contributed by atoms with Gasteiger partial charge >= 0.3 is 0 Å². The van der Waals surface area contributed by atoms with Gasteiger partial charge in [0, 0.05) is 24.6 Å². The van der Waals surface area contributed by atoms with Crippen LogP contribution in [0.4, 0.5) is 5.69 Å². The van der Waals surface area contributed by atoms with E-state index in [1.165, 1.54) is 6.07 Å². The van der Waals surface area contributed by atoms with Crippen LogP contribution in [0.1, 0.15) is 21.5 Å². The molecule has 18 heavy (non-hydrogen) atoms. The van der Waals surface area contributed by atoms with Gasteiger partial charge in [0.2, 0.25) is 0 Å². The number of hydrogen-bond acceptors (Lipinski definition) is 4. The molecule has 0 aliphatic carbocycles. The Labute approximate surface area is 105 Å². The Morgan fingerprint density at radius 2 is 2.00 bits per heavy atom. The summed E-state index contributed by atoms with van der Waals surface area (Å²) in [6, 6.07) is 8.75. The summed E-state index contributed by atoms with van der Waals surface area (Å²) in [5.41, 5.74) is 3.11. The summed E-state index contributed by atoms with van der Waals surface area (Å²) in [5, 5.41) is 14.0. The van der Waals surface area contributed by atoms with Crippen LogP contribution in [-0.2, 0) is 6.54 Å². The third kappa shape index (κ3) is 2.85. The summed E-state index contributed by atoms with van der Waals surface area (Å²) in [5.74, 6) is -1.15. The van der Waals surface area contributed by atoms with Crippen molar-refractivity contribution in [3.63, 3.8) is 0 Å². The van der Waals surface area contributed by atoms with E-state index in [9.17, 15) is 9.90 Å². The predicted molar refractivity (Wildman–Crippen MR) is 67.1 cm³/mol. The van der Waals surface area contributed by atoms with Gasteiger partial charge < -0.3 is 15.2 Å². The van der Waals surface area contributed by atoms with Gasteiger partial charge in [-0.2, -0.15) is 0 Å². The Bertz CT molecular complexity index is 553. The number of anilines is 1. The zero-order valence-electron chi connectivity index (χ0n) is 10.0. The fourth-order valence-corrected chi connectivity index (χ4v) is 1.69. The van der Waals surface area contributed by atoms with E-state index in [4.69, 9.17) is 0 Å². The fraction of sp³-hybridized carbons (Fsp3) is 0.143. The highest BCUT2D eigenvalue weighted by Crippen LogP contribution is 2.17. The molecule has 0 radical (unpaired) electrons. The van der Waals surface area contributed by atoms with E-state index in [1.54, 1.807) is 24.5 Å². The van der Waals surface area contributed by atoms with E-state index in [0.29, 0.717) is 6.54 Å². The average molecular weight is 241 g/mol. The van der Waals surface area contributed by atoms with E-state index >= 15 is 0 Å². The molecule has 92 valence electrons. The van der Waals surface area contributed by atoms with Crippen LogP contribution in [0.15, 0.2) is 42.7 Å². The number of benzene rings is 1. The van der Waals surface area contributed by atoms with Crippen LogP contribution in [0.5, 0.6) is 0 Å². The monoisotopic (exact) mass is 241 g/mol. The van der Waals surface area contributed by atoms with Gasteiger partial charge in [-0.3, -0.25) is 4.98 Å². The number of rotatable bonds is 4. The number of carbonyl (C=O) groups excluding carboxylic acids is 1. The van der Waals surface area contributed by atoms with Gasteiger partial charge in [0.1, 0.15) is 0 Å². The summed E-state index contributed by atoms with van der Waals surface area (Å²) in [7, 11) is 0. The van der Waals surface area contributed by atoms with Crippen LogP contribution >= 0.6 is 0 Å². The van der Waals surface area contributed by atoms with Crippen molar-refractivity contribution >= 4 is 11.7 Å². The molecule has 1 aromatic heterocycles. The Morgan fingerprint density at radius 3 is 2.61 bits per heavy atom. The maximum atomic E-state index is 10.7. The number of carboxylic acids is 1. The summed E-state index contributed by atoms with van der Waals surface area (Å²) in [6.07, 6.45) is 3.48. The van der Waals surface area contributed by atoms with Crippen molar-refractivity contribution in [3.8, 4) is 0 Å². The molecule has 2 rings (SSSR count). The predicted octanol–water partition coefficient (Wildman–Crippen LogP) is 1.37. The van der Waals surface area contributed by atoms with Crippen LogP contribution in [0, 0.1) is 6.92 Å². The zero-order chi connectivity index (χ0) is 13.0. The first-order valence-corrected chi connectivity index (χ1v) is 5.61. The van der Waals surface area contributed by atoms with Crippen molar-refractivity contribution in [2.45, 2.75) is 13.5 Å². The molecule has 1 aromatic carbocycles. The molecular formula is C14H13N2O2-. The molecule has 4 nitrogen and oxygen atoms in total. The highest BCUT2D eigenvalue weighted by molar-refractivity contribution is 5.86. The lowest BCUT2D eigenvalue weighted by molar-refractivity contribution is -0.255. The van der Waals surface area contributed by atoms with Gasteiger partial charge in [-0.25, -0.2) is 0 Å². The average Bonchev–Trinajstić information content (AvgIpc) is 2.38. The van der Waals surface area contributed by atoms with E-state index in [1.807, 2.05) is 19.1 Å². The number of nitrogens with zero attached hydrogens (tertiary/aromatic N) is 1. The minimum Gasteiger partial charge on any atom is -0.545 e. The summed E-state index contributed by atoms with van der Waals surface area (Å²) >= 11 is 0. The SMILES string of the molecule is Cc1cc(C(=O)[O-])ccc1NCc1ccncc1. The quantitative estimate of drug-likeness (QED) is 0.878. The molecule has 2 aromatic rings. The molecule has 0 aliphatic rings. The van der Waals surface area contributed by atoms with Crippen molar-refractivity contribution in [2.24, 2.45) is 0 Å². The number of aromatic nitrogens is 1. The minimum atomic E-state index is -1.15. The smallest absolute Gasteiger partial charge is 0.0715 e. The van der Waals surface area contributed by atoms with E-state index in [0.717, 1.165) is 16.8 Å². The standard InChI is InChI=1S/C14H14N2O2/c1-10-8-12(14(17)18)2-3-13(10)16-9-11-4-6-15-7-5-11/h2-8,16H,9H2,1H3,(H,17,18)/p-1. The van der Waals surface area contributed by atoms with Crippen LogP contribution < -0.4 is 10.4 Å². The molecule has 0 saturated carbocycles. The number of aromatic carboxylic acids is 1. The second-order valence-corrected chi connectivity index (χ2v) is 4.03. The molecule has 0 spiro atoms. The molecule has 0 saturated heterocycles. The Morgan fingerprint density at radius 1 is 1.28 bits per heavy atom. The Hall–Kier alpha value is -2.36. The van der Waals surface area contributed by atoms with Crippen LogP contribution in [0.3, 0.4) is 0 Å². The Kier molecular flexibility index (Phi) is 3.57. The highest BCUT2D eigenvalue weighted by atomic mass is 16.4. The topological polar surface area (TPSA) is 65.0 Å². The second-order valence-electron chi connectivity index (χ2n) is 4.03. The highest BCUT2D eigenvalue weighted by Gasteiger charge is 2.00. The molecule has 0 fully saturated rings. The first kappa shape index (κ1) is 12.1. The maximum absolute atomic E-state index is 10.7. The molecule has 0 unspecified atom stereocenters. The van der Waals surface area contributed by atoms with Crippen molar-refractivity contribution in [2.75, 3.05) is 5.32 Å². The molecule has 1 heterocycles. The van der Waals surface area contributed by atoms with Gasteiger partial charge in [-0.05, 0) is 47.9 Å². The zero-order valence-corrected chi connectivity index (χ0v) is 10.0. The third-order valence-corrected chi connectivity index (χ3v) is 2.69. The molecular weight excluding hydrogens is 228 g/mol. The normalized spacial score (nSPS) is 10.1. The van der Waals surface area contributed by atoms with Crippen LogP contribution in [-0.4, -0.2) is 11.0 Å². The minimum absolute atomic E-state index is 0.196. The molecule has 0 atom stereocenters. The van der Waals surface area contributed by atoms with Crippen molar-refractivity contribution in [3.05, 3.63) is 59.4 Å². The van der Waals surface area contributed by atoms with Crippen molar-refractivity contribution in [1.82, 2.24) is 4.98 Å². The first-order valence-electron chi connectivity index (χ1n) is 5.61. The number of carbonyl (C=O) groups is 1. The van der Waals surface area contributed by atoms with E-state index in [-0.39, 0.29) is 5.56 Å². The Balaban J connectivity index is 2.08. The number of hydrogen-bond donors (Lipinski definition) is 1. The number of carboxylic acid groups (broad SMARTS) is 1. The van der Waals surface area contributed by atoms with Gasteiger partial charge in [0.15, 0.2) is 0 Å². The lowest BCUT2D eigenvalue weighted by atomic mass is 10.1. The molecule has 0 amide bonds. The summed E-state index contributed by atoms with van der Waals surface area (Å²) in [4.78, 5) is 14.7. The number of aryl methyl sites for hydroxylation is 1. The number of nitrogens with one attached hydrogen (secondary N) is 1. The van der Waals surface area contributed by atoms with Gasteiger partial charge in [0.25, 0.3) is 0 Å². The molecule has 0 aliphatic heterocycles. The van der Waals surface area contributed by atoms with Crippen LogP contribution in [0.2, 0.25) is 0 Å². The van der Waals surface area contributed by atoms with Gasteiger partial charge in [0.05, 0.1) is 5.97 Å². The largest absolute Gasteiger partial charge is 0.545 e. The van der Waals surface area contributed by atoms with E-state index in [2.05, 4.69) is 10.3 Å². The molecule has 0 bridgehead atoms. The second kappa shape index (κ2) is 5.31. The third-order valence-electron chi connectivity index (χ3n) is 2.69. The lowest BCUT2D eigenvalue weighted by Gasteiger charge is -2.11. The summed E-state index contributed by atoms with van der Waals surface area (Å²) < 4.78 is 0. The number of pyridine rings is 1. The summed E-state index contributed by atoms with van der Waals surface area (Å²) in [6.45, 7) is 2.54. The van der Waals surface area contributed by atoms with Crippen molar-refractivity contribution in [1.29, 1.82) is 0 Å². The molecule has 4 heteroatoms. The fourth-order valence-electron chi connectivity index (χ4n) is 1.69. The van der Waals surface area contributed by atoms with Gasteiger partial charge in [-0.1, -0.05) is 6.07 Å². The van der Waals surface area contributed by atoms with Gasteiger partial charge in [-0.15, -0.1) is 0 Å². The lowest BCUT2D eigenvalue weighted by Crippen LogP contribution is -2.22. The maximum Gasteiger partial charge on any atom is 0.0715 e. The van der Waals surface area contributed by atoms with Crippen molar-refractivity contribution < 1.29 is 9.90 Å². The van der Waals surface area contributed by atoms with Crippen LogP contribution in [0.25, 0.3) is 0 Å². The first-order chi connectivity index (χ1) is 8.66.